The Morgan fingerprint density at radius 1 is 1.37 bits per heavy atom. The van der Waals surface area contributed by atoms with Gasteiger partial charge in [0.15, 0.2) is 0 Å². The minimum atomic E-state index is -0.169. The minimum Gasteiger partial charge on any atom is -0.396 e. The van der Waals surface area contributed by atoms with Gasteiger partial charge in [-0.25, -0.2) is 0 Å². The second-order valence-corrected chi connectivity index (χ2v) is 4.22. The Morgan fingerprint density at radius 3 is 2.68 bits per heavy atom. The normalized spacial score (nSPS) is 10.1. The lowest BCUT2D eigenvalue weighted by Gasteiger charge is -2.20. The number of carbonyl (C=O) groups is 2. The van der Waals surface area contributed by atoms with Crippen molar-refractivity contribution in [3.05, 3.63) is 29.8 Å². The molecule has 104 valence electrons. The molecule has 0 saturated carbocycles. The molecule has 0 aliphatic heterocycles. The fourth-order valence-electron chi connectivity index (χ4n) is 1.78. The largest absolute Gasteiger partial charge is 0.396 e. The van der Waals surface area contributed by atoms with E-state index in [4.69, 9.17) is 5.11 Å². The first kappa shape index (κ1) is 15.2. The van der Waals surface area contributed by atoms with Crippen molar-refractivity contribution in [3.8, 4) is 0 Å². The Labute approximate surface area is 113 Å². The van der Waals surface area contributed by atoms with Crippen LogP contribution in [-0.2, 0) is 4.79 Å². The summed E-state index contributed by atoms with van der Waals surface area (Å²) in [5, 5.41) is 11.5. The Bertz CT molecular complexity index is 446. The first-order valence-electron chi connectivity index (χ1n) is 6.36. The molecule has 0 aliphatic rings. The average Bonchev–Trinajstić information content (AvgIpc) is 2.39. The number of aliphatic hydroxyl groups excluding tert-OH is 1. The van der Waals surface area contributed by atoms with Gasteiger partial charge in [0.05, 0.1) is 0 Å². The lowest BCUT2D eigenvalue weighted by atomic mass is 10.1. The van der Waals surface area contributed by atoms with Crippen molar-refractivity contribution >= 4 is 17.5 Å². The monoisotopic (exact) mass is 264 g/mol. The van der Waals surface area contributed by atoms with Gasteiger partial charge in [-0.15, -0.1) is 0 Å². The minimum absolute atomic E-state index is 0.0652. The van der Waals surface area contributed by atoms with Crippen LogP contribution in [-0.4, -0.2) is 41.5 Å². The zero-order valence-corrected chi connectivity index (χ0v) is 11.3. The molecule has 1 aromatic carbocycles. The van der Waals surface area contributed by atoms with Crippen LogP contribution in [0.1, 0.15) is 30.6 Å². The second kappa shape index (κ2) is 7.53. The molecule has 1 aromatic rings. The summed E-state index contributed by atoms with van der Waals surface area (Å²) in [7, 11) is 0. The summed E-state index contributed by atoms with van der Waals surface area (Å²) in [6, 6.07) is 6.85. The van der Waals surface area contributed by atoms with Crippen molar-refractivity contribution in [2.24, 2.45) is 0 Å². The third-order valence-corrected chi connectivity index (χ3v) is 2.68. The van der Waals surface area contributed by atoms with Crippen molar-refractivity contribution in [2.75, 3.05) is 25.0 Å². The zero-order valence-electron chi connectivity index (χ0n) is 11.3. The highest BCUT2D eigenvalue weighted by molar-refractivity contribution is 5.96. The summed E-state index contributed by atoms with van der Waals surface area (Å²) < 4.78 is 0. The van der Waals surface area contributed by atoms with Gasteiger partial charge in [0.25, 0.3) is 5.91 Å². The van der Waals surface area contributed by atoms with E-state index in [1.807, 2.05) is 6.92 Å². The van der Waals surface area contributed by atoms with Crippen LogP contribution in [0, 0.1) is 0 Å². The van der Waals surface area contributed by atoms with E-state index >= 15 is 0 Å². The maximum atomic E-state index is 12.3. The molecule has 0 radical (unpaired) electrons. The average molecular weight is 264 g/mol. The lowest BCUT2D eigenvalue weighted by Crippen LogP contribution is -2.32. The molecule has 0 saturated heterocycles. The number of aliphatic hydroxyl groups is 1. The molecule has 0 fully saturated rings. The molecule has 0 bridgehead atoms. The number of hydrogen-bond donors (Lipinski definition) is 2. The van der Waals surface area contributed by atoms with E-state index in [1.165, 1.54) is 6.92 Å². The van der Waals surface area contributed by atoms with E-state index in [0.29, 0.717) is 30.8 Å². The van der Waals surface area contributed by atoms with Gasteiger partial charge in [0.2, 0.25) is 5.91 Å². The summed E-state index contributed by atoms with van der Waals surface area (Å²) in [4.78, 5) is 24.9. The van der Waals surface area contributed by atoms with Crippen molar-refractivity contribution in [2.45, 2.75) is 20.3 Å². The van der Waals surface area contributed by atoms with E-state index in [9.17, 15) is 9.59 Å². The summed E-state index contributed by atoms with van der Waals surface area (Å²) in [6.45, 7) is 4.50. The molecule has 0 aliphatic carbocycles. The first-order valence-corrected chi connectivity index (χ1v) is 6.36. The van der Waals surface area contributed by atoms with E-state index in [0.717, 1.165) is 0 Å². The highest BCUT2D eigenvalue weighted by Crippen LogP contribution is 2.13. The molecular weight excluding hydrogens is 244 g/mol. The van der Waals surface area contributed by atoms with E-state index in [-0.39, 0.29) is 18.4 Å². The lowest BCUT2D eigenvalue weighted by molar-refractivity contribution is -0.114. The van der Waals surface area contributed by atoms with Crippen LogP contribution >= 0.6 is 0 Å². The number of nitrogens with one attached hydrogen (secondary N) is 1. The Morgan fingerprint density at radius 2 is 2.11 bits per heavy atom. The van der Waals surface area contributed by atoms with Gasteiger partial charge in [-0.3, -0.25) is 9.59 Å². The van der Waals surface area contributed by atoms with Gasteiger partial charge in [-0.2, -0.15) is 0 Å². The van der Waals surface area contributed by atoms with Gasteiger partial charge < -0.3 is 15.3 Å². The fraction of sp³-hybridized carbons (Fsp3) is 0.429. The van der Waals surface area contributed by atoms with Crippen LogP contribution in [0.2, 0.25) is 0 Å². The summed E-state index contributed by atoms with van der Waals surface area (Å²) in [6.07, 6.45) is 0.560. The molecule has 0 heterocycles. The summed E-state index contributed by atoms with van der Waals surface area (Å²) in [5.41, 5.74) is 1.14. The standard InChI is InChI=1S/C14H20N2O3/c1-3-16(8-5-9-17)14(19)12-6-4-7-13(10-12)15-11(2)18/h4,6-7,10,17H,3,5,8-9H2,1-2H3,(H,15,18). The molecule has 2 amide bonds. The van der Waals surface area contributed by atoms with E-state index in [2.05, 4.69) is 5.32 Å². The molecule has 0 atom stereocenters. The second-order valence-electron chi connectivity index (χ2n) is 4.22. The van der Waals surface area contributed by atoms with Crippen LogP contribution in [0.25, 0.3) is 0 Å². The SMILES string of the molecule is CCN(CCCO)C(=O)c1cccc(NC(C)=O)c1. The van der Waals surface area contributed by atoms with Gasteiger partial charge >= 0.3 is 0 Å². The number of benzene rings is 1. The number of rotatable bonds is 6. The molecule has 0 aromatic heterocycles. The number of carbonyl (C=O) groups excluding carboxylic acids is 2. The molecule has 1 rings (SSSR count). The van der Waals surface area contributed by atoms with Crippen LogP contribution < -0.4 is 5.32 Å². The number of amides is 2. The number of anilines is 1. The van der Waals surface area contributed by atoms with E-state index in [1.54, 1.807) is 29.2 Å². The van der Waals surface area contributed by atoms with Gasteiger partial charge in [-0.1, -0.05) is 6.07 Å². The van der Waals surface area contributed by atoms with Crippen molar-refractivity contribution in [1.82, 2.24) is 4.90 Å². The third-order valence-electron chi connectivity index (χ3n) is 2.68. The third kappa shape index (κ3) is 4.71. The van der Waals surface area contributed by atoms with Gasteiger partial charge in [-0.05, 0) is 31.5 Å². The molecule has 19 heavy (non-hydrogen) atoms. The first-order chi connectivity index (χ1) is 9.08. The fourth-order valence-corrected chi connectivity index (χ4v) is 1.78. The maximum absolute atomic E-state index is 12.3. The molecule has 2 N–H and O–H groups in total. The predicted octanol–water partition coefficient (Wildman–Crippen LogP) is 1.49. The highest BCUT2D eigenvalue weighted by atomic mass is 16.3. The molecule has 0 spiro atoms. The Kier molecular flexibility index (Phi) is 6.02. The van der Waals surface area contributed by atoms with Gasteiger partial charge in [0.1, 0.15) is 0 Å². The smallest absolute Gasteiger partial charge is 0.253 e. The molecule has 0 unspecified atom stereocenters. The predicted molar refractivity (Wildman–Crippen MR) is 74.0 cm³/mol. The van der Waals surface area contributed by atoms with Crippen LogP contribution in [0.3, 0.4) is 0 Å². The Balaban J connectivity index is 2.82. The molecular formula is C14H20N2O3. The number of nitrogens with zero attached hydrogens (tertiary/aromatic N) is 1. The Hall–Kier alpha value is -1.88. The topological polar surface area (TPSA) is 69.6 Å². The van der Waals surface area contributed by atoms with Crippen molar-refractivity contribution in [3.63, 3.8) is 0 Å². The summed E-state index contributed by atoms with van der Waals surface area (Å²) in [5.74, 6) is -0.264. The highest BCUT2D eigenvalue weighted by Gasteiger charge is 2.14. The zero-order chi connectivity index (χ0) is 14.3. The van der Waals surface area contributed by atoms with Crippen LogP contribution in [0.4, 0.5) is 5.69 Å². The summed E-state index contributed by atoms with van der Waals surface area (Å²) >= 11 is 0. The maximum Gasteiger partial charge on any atom is 0.253 e. The van der Waals surface area contributed by atoms with Crippen LogP contribution in [0.5, 0.6) is 0 Å². The van der Waals surface area contributed by atoms with Gasteiger partial charge in [0, 0.05) is 37.9 Å². The number of hydrogen-bond acceptors (Lipinski definition) is 3. The molecule has 5 heteroatoms. The molecule has 5 nitrogen and oxygen atoms in total. The van der Waals surface area contributed by atoms with Crippen molar-refractivity contribution in [1.29, 1.82) is 0 Å². The van der Waals surface area contributed by atoms with Crippen molar-refractivity contribution < 1.29 is 14.7 Å². The van der Waals surface area contributed by atoms with E-state index < -0.39 is 0 Å². The quantitative estimate of drug-likeness (QED) is 0.818. The van der Waals surface area contributed by atoms with Crippen LogP contribution in [0.15, 0.2) is 24.3 Å².